The Kier molecular flexibility index (Phi) is 6.14. The van der Waals surface area contributed by atoms with Gasteiger partial charge in [0.05, 0.1) is 0 Å². The van der Waals surface area contributed by atoms with Gasteiger partial charge >= 0.3 is 0 Å². The van der Waals surface area contributed by atoms with Gasteiger partial charge in [-0.2, -0.15) is 0 Å². The molecule has 1 fully saturated rings. The second-order valence-electron chi connectivity index (χ2n) is 3.70. The summed E-state index contributed by atoms with van der Waals surface area (Å²) in [6, 6.07) is 3.26. The molecule has 0 amide bonds. The van der Waals surface area contributed by atoms with E-state index in [2.05, 4.69) is 20.8 Å². The predicted octanol–water partition coefficient (Wildman–Crippen LogP) is 2.09. The summed E-state index contributed by atoms with van der Waals surface area (Å²) < 4.78 is 6.08. The standard InChI is InChI=1S/C6H18Cl3N3Si3/c1-4-13-10(7)14(5-2)12(9)15(6-3)11(13)8/h13-15H,4-6H2,1-3H3. The molecule has 0 aromatic carbocycles. The second kappa shape index (κ2) is 6.36. The Bertz CT molecular complexity index is 168. The topological polar surface area (TPSA) is 9.72 Å². The van der Waals surface area contributed by atoms with Crippen LogP contribution < -0.4 is 0 Å². The van der Waals surface area contributed by atoms with Crippen LogP contribution in [0.5, 0.6) is 0 Å². The van der Waals surface area contributed by atoms with Gasteiger partial charge in [-0.15, -0.1) is 0 Å². The maximum atomic E-state index is 6.39. The van der Waals surface area contributed by atoms with E-state index in [1.54, 1.807) is 0 Å². The fourth-order valence-electron chi connectivity index (χ4n) is 1.96. The lowest BCUT2D eigenvalue weighted by atomic mass is 11.0. The Morgan fingerprint density at radius 2 is 0.867 bits per heavy atom. The summed E-state index contributed by atoms with van der Waals surface area (Å²) >= 11 is 19.2. The highest BCUT2D eigenvalue weighted by Gasteiger charge is 2.45. The highest BCUT2D eigenvalue weighted by molar-refractivity contribution is 6.96. The van der Waals surface area contributed by atoms with E-state index in [0.717, 1.165) is 18.1 Å². The summed E-state index contributed by atoms with van der Waals surface area (Å²) in [7, 11) is -3.86. The second-order valence-corrected chi connectivity index (χ2v) is 17.3. The molecule has 0 spiro atoms. The molecule has 1 heterocycles. The molecule has 0 aliphatic carbocycles. The average molecular weight is 323 g/mol. The Balaban J connectivity index is 2.87. The van der Waals surface area contributed by atoms with Gasteiger partial charge in [0.25, 0.3) is 0 Å². The molecule has 0 saturated carbocycles. The van der Waals surface area contributed by atoms with E-state index >= 15 is 0 Å². The first kappa shape index (κ1) is 14.5. The molecule has 0 radical (unpaired) electrons. The Hall–Kier alpha value is 1.40. The molecule has 1 saturated heterocycles. The molecule has 3 nitrogen and oxygen atoms in total. The maximum Gasteiger partial charge on any atom is 0.208 e. The largest absolute Gasteiger partial charge is 0.239 e. The molecule has 0 unspecified atom stereocenters. The van der Waals surface area contributed by atoms with E-state index in [1.165, 1.54) is 0 Å². The lowest BCUT2D eigenvalue weighted by molar-refractivity contribution is 0.721. The van der Waals surface area contributed by atoms with Crippen LogP contribution in [0.2, 0.25) is 18.1 Å². The summed E-state index contributed by atoms with van der Waals surface area (Å²) in [5.41, 5.74) is 0. The number of rotatable bonds is 3. The van der Waals surface area contributed by atoms with Crippen LogP contribution in [-0.4, -0.2) is 38.6 Å². The van der Waals surface area contributed by atoms with Crippen LogP contribution in [0.25, 0.3) is 0 Å². The van der Waals surface area contributed by atoms with Gasteiger partial charge in [0.1, 0.15) is 0 Å². The molecule has 1 aliphatic heterocycles. The average Bonchev–Trinajstić information content (AvgIpc) is 2.19. The Morgan fingerprint density at radius 3 is 1.00 bits per heavy atom. The lowest BCUT2D eigenvalue weighted by Gasteiger charge is -2.47. The molecular weight excluding hydrogens is 305 g/mol. The minimum atomic E-state index is -1.29. The molecule has 1 aliphatic rings. The van der Waals surface area contributed by atoms with Gasteiger partial charge < -0.3 is 0 Å². The van der Waals surface area contributed by atoms with Crippen LogP contribution in [0.15, 0.2) is 0 Å². The zero-order valence-corrected chi connectivity index (χ0v) is 15.1. The van der Waals surface area contributed by atoms with Crippen molar-refractivity contribution in [2.75, 3.05) is 0 Å². The SMILES string of the molecule is CC[SiH]1N(Cl)[SiH](CC)N(Cl)[SiH](CC)N1Cl. The smallest absolute Gasteiger partial charge is 0.208 e. The van der Waals surface area contributed by atoms with Crippen LogP contribution in [0, 0.1) is 0 Å². The molecule has 0 N–H and O–H groups in total. The van der Waals surface area contributed by atoms with Gasteiger partial charge in [0, 0.05) is 0 Å². The third-order valence-corrected chi connectivity index (χ3v) is 18.7. The molecule has 0 atom stereocenters. The predicted molar refractivity (Wildman–Crippen MR) is 76.0 cm³/mol. The monoisotopic (exact) mass is 321 g/mol. The van der Waals surface area contributed by atoms with E-state index in [4.69, 9.17) is 35.3 Å². The number of nitrogens with zero attached hydrogens (tertiary/aromatic N) is 3. The fourth-order valence-corrected chi connectivity index (χ4v) is 23.3. The van der Waals surface area contributed by atoms with E-state index in [1.807, 2.05) is 11.3 Å². The summed E-state index contributed by atoms with van der Waals surface area (Å²) in [5, 5.41) is 0. The van der Waals surface area contributed by atoms with Gasteiger partial charge in [-0.25, -0.2) is 11.3 Å². The molecule has 1 rings (SSSR count). The van der Waals surface area contributed by atoms with E-state index < -0.39 is 27.4 Å². The highest BCUT2D eigenvalue weighted by atomic mass is 35.5. The molecular formula is C6H18Cl3N3Si3. The highest BCUT2D eigenvalue weighted by Crippen LogP contribution is 2.29. The normalized spacial score (nSPS) is 36.0. The van der Waals surface area contributed by atoms with Crippen molar-refractivity contribution in [3.05, 3.63) is 0 Å². The van der Waals surface area contributed by atoms with Crippen molar-refractivity contribution in [1.82, 2.24) is 11.3 Å². The minimum Gasteiger partial charge on any atom is -0.239 e. The zero-order valence-electron chi connectivity index (χ0n) is 9.33. The third-order valence-electron chi connectivity index (χ3n) is 2.80. The Morgan fingerprint density at radius 1 is 0.667 bits per heavy atom. The van der Waals surface area contributed by atoms with Gasteiger partial charge in [-0.1, -0.05) is 20.8 Å². The van der Waals surface area contributed by atoms with Crippen LogP contribution >= 0.6 is 35.3 Å². The van der Waals surface area contributed by atoms with Crippen molar-refractivity contribution >= 4 is 62.7 Å². The van der Waals surface area contributed by atoms with Crippen molar-refractivity contribution in [2.24, 2.45) is 0 Å². The van der Waals surface area contributed by atoms with Gasteiger partial charge in [-0.05, 0) is 53.5 Å². The summed E-state index contributed by atoms with van der Waals surface area (Å²) in [4.78, 5) is 0. The number of halogens is 3. The molecule has 15 heavy (non-hydrogen) atoms. The first-order valence-electron chi connectivity index (χ1n) is 5.40. The third kappa shape index (κ3) is 2.80. The van der Waals surface area contributed by atoms with Crippen LogP contribution in [0.1, 0.15) is 20.8 Å². The van der Waals surface area contributed by atoms with E-state index in [0.29, 0.717) is 0 Å². The first-order chi connectivity index (χ1) is 7.08. The van der Waals surface area contributed by atoms with Crippen molar-refractivity contribution in [3.8, 4) is 0 Å². The van der Waals surface area contributed by atoms with Crippen LogP contribution in [0.4, 0.5) is 0 Å². The van der Waals surface area contributed by atoms with Crippen LogP contribution in [0.3, 0.4) is 0 Å². The van der Waals surface area contributed by atoms with Crippen molar-refractivity contribution < 1.29 is 0 Å². The summed E-state index contributed by atoms with van der Waals surface area (Å²) in [6.45, 7) is 6.52. The van der Waals surface area contributed by atoms with E-state index in [-0.39, 0.29) is 0 Å². The molecule has 0 bridgehead atoms. The van der Waals surface area contributed by atoms with Gasteiger partial charge in [-0.3, -0.25) is 0 Å². The van der Waals surface area contributed by atoms with Gasteiger partial charge in [0.2, 0.25) is 27.4 Å². The van der Waals surface area contributed by atoms with Crippen molar-refractivity contribution in [2.45, 2.75) is 38.9 Å². The summed E-state index contributed by atoms with van der Waals surface area (Å²) in [6.07, 6.45) is 0. The quantitative estimate of drug-likeness (QED) is 0.582. The van der Waals surface area contributed by atoms with Crippen molar-refractivity contribution in [3.63, 3.8) is 0 Å². The molecule has 0 aromatic rings. The minimum absolute atomic E-state index is 1.09. The first-order valence-corrected chi connectivity index (χ1v) is 12.0. The number of hydrogen-bond donors (Lipinski definition) is 0. The zero-order chi connectivity index (χ0) is 11.6. The molecule has 90 valence electrons. The Labute approximate surface area is 112 Å². The molecule has 0 aromatic heterocycles. The summed E-state index contributed by atoms with van der Waals surface area (Å²) in [5.74, 6) is 0. The van der Waals surface area contributed by atoms with Crippen LogP contribution in [-0.2, 0) is 0 Å². The number of hydrogen-bond acceptors (Lipinski definition) is 3. The maximum absolute atomic E-state index is 6.39. The lowest BCUT2D eigenvalue weighted by Crippen LogP contribution is -2.69. The fraction of sp³-hybridized carbons (Fsp3) is 1.00. The van der Waals surface area contributed by atoms with Crippen molar-refractivity contribution in [1.29, 1.82) is 0 Å². The molecule has 9 heteroatoms. The van der Waals surface area contributed by atoms with E-state index in [9.17, 15) is 0 Å². The van der Waals surface area contributed by atoms with Gasteiger partial charge in [0.15, 0.2) is 0 Å².